The van der Waals surface area contributed by atoms with E-state index in [0.29, 0.717) is 11.7 Å². The van der Waals surface area contributed by atoms with Gasteiger partial charge in [0.05, 0.1) is 0 Å². The van der Waals surface area contributed by atoms with E-state index in [1.807, 2.05) is 0 Å². The van der Waals surface area contributed by atoms with Gasteiger partial charge >= 0.3 is 11.8 Å². The number of nitrogens with one attached hydrogen (secondary N) is 2. The monoisotopic (exact) mass is 270 g/mol. The van der Waals surface area contributed by atoms with Crippen LogP contribution in [-0.4, -0.2) is 47.9 Å². The molecule has 0 fully saturated rings. The lowest BCUT2D eigenvalue weighted by atomic mass is 10.4. The molecule has 0 spiro atoms. The zero-order valence-corrected chi connectivity index (χ0v) is 11.4. The van der Waals surface area contributed by atoms with Crippen molar-refractivity contribution in [2.24, 2.45) is 0 Å². The van der Waals surface area contributed by atoms with Crippen molar-refractivity contribution in [3.63, 3.8) is 0 Å². The fourth-order valence-corrected chi connectivity index (χ4v) is 1.91. The highest BCUT2D eigenvalue weighted by Gasteiger charge is 2.14. The van der Waals surface area contributed by atoms with Crippen molar-refractivity contribution in [1.29, 1.82) is 0 Å². The molecule has 0 radical (unpaired) electrons. The zero-order valence-electron chi connectivity index (χ0n) is 10.6. The van der Waals surface area contributed by atoms with Gasteiger partial charge in [0.25, 0.3) is 0 Å². The standard InChI is InChI=1S/C11H18N4O2S/c1-3-15(4-2)7-5-12-9(16)10(17)14-11-13-6-8-18-11/h6,8H,3-5,7H2,1-2H3,(H,12,16)(H,13,14,17). The average Bonchev–Trinajstić information content (AvgIpc) is 2.87. The van der Waals surface area contributed by atoms with E-state index in [-0.39, 0.29) is 0 Å². The number of carbonyl (C=O) groups excluding carboxylic acids is 2. The van der Waals surface area contributed by atoms with Crippen LogP contribution in [-0.2, 0) is 9.59 Å². The highest BCUT2D eigenvalue weighted by Crippen LogP contribution is 2.09. The summed E-state index contributed by atoms with van der Waals surface area (Å²) in [7, 11) is 0. The highest BCUT2D eigenvalue weighted by atomic mass is 32.1. The lowest BCUT2D eigenvalue weighted by Crippen LogP contribution is -2.40. The first-order valence-electron chi connectivity index (χ1n) is 5.88. The molecule has 2 N–H and O–H groups in total. The van der Waals surface area contributed by atoms with Crippen LogP contribution in [0.5, 0.6) is 0 Å². The smallest absolute Gasteiger partial charge is 0.315 e. The minimum absolute atomic E-state index is 0.430. The quantitative estimate of drug-likeness (QED) is 0.740. The fraction of sp³-hybridized carbons (Fsp3) is 0.545. The minimum Gasteiger partial charge on any atom is -0.347 e. The highest BCUT2D eigenvalue weighted by molar-refractivity contribution is 7.13. The van der Waals surface area contributed by atoms with Gasteiger partial charge in [0.15, 0.2) is 5.13 Å². The first-order chi connectivity index (χ1) is 8.67. The molecule has 18 heavy (non-hydrogen) atoms. The lowest BCUT2D eigenvalue weighted by molar-refractivity contribution is -0.136. The molecule has 2 amide bonds. The number of anilines is 1. The summed E-state index contributed by atoms with van der Waals surface area (Å²) in [5.41, 5.74) is 0. The summed E-state index contributed by atoms with van der Waals surface area (Å²) >= 11 is 1.27. The molecular weight excluding hydrogens is 252 g/mol. The number of nitrogens with zero attached hydrogens (tertiary/aromatic N) is 2. The zero-order chi connectivity index (χ0) is 13.4. The van der Waals surface area contributed by atoms with Crippen molar-refractivity contribution in [1.82, 2.24) is 15.2 Å². The Morgan fingerprint density at radius 1 is 1.33 bits per heavy atom. The third kappa shape index (κ3) is 4.80. The molecule has 7 heteroatoms. The van der Waals surface area contributed by atoms with Crippen molar-refractivity contribution < 1.29 is 9.59 Å². The molecule has 100 valence electrons. The van der Waals surface area contributed by atoms with Crippen molar-refractivity contribution in [3.05, 3.63) is 11.6 Å². The number of hydrogen-bond acceptors (Lipinski definition) is 5. The summed E-state index contributed by atoms with van der Waals surface area (Å²) < 4.78 is 0. The van der Waals surface area contributed by atoms with Crippen LogP contribution in [0, 0.1) is 0 Å². The molecule has 0 aliphatic carbocycles. The fourth-order valence-electron chi connectivity index (χ4n) is 1.39. The van der Waals surface area contributed by atoms with Gasteiger partial charge in [-0.25, -0.2) is 4.98 Å². The van der Waals surface area contributed by atoms with Crippen LogP contribution in [0.25, 0.3) is 0 Å². The Morgan fingerprint density at radius 3 is 2.61 bits per heavy atom. The number of carbonyl (C=O) groups is 2. The summed E-state index contributed by atoms with van der Waals surface area (Å²) in [4.78, 5) is 29.0. The van der Waals surface area contributed by atoms with E-state index >= 15 is 0 Å². The van der Waals surface area contributed by atoms with E-state index in [1.165, 1.54) is 11.3 Å². The van der Waals surface area contributed by atoms with E-state index in [9.17, 15) is 9.59 Å². The molecule has 0 saturated heterocycles. The van der Waals surface area contributed by atoms with Gasteiger partial charge < -0.3 is 10.2 Å². The molecule has 0 bridgehead atoms. The maximum Gasteiger partial charge on any atom is 0.315 e. The Hall–Kier alpha value is -1.47. The molecule has 0 aromatic carbocycles. The Bertz CT molecular complexity index is 376. The van der Waals surface area contributed by atoms with Gasteiger partial charge in [0, 0.05) is 24.7 Å². The Kier molecular flexibility index (Phi) is 6.31. The average molecular weight is 270 g/mol. The van der Waals surface area contributed by atoms with Crippen LogP contribution >= 0.6 is 11.3 Å². The van der Waals surface area contributed by atoms with Crippen LogP contribution in [0.15, 0.2) is 11.6 Å². The number of likely N-dealkylation sites (N-methyl/N-ethyl adjacent to an activating group) is 1. The maximum absolute atomic E-state index is 11.5. The van der Waals surface area contributed by atoms with Crippen molar-refractivity contribution >= 4 is 28.3 Å². The summed E-state index contributed by atoms with van der Waals surface area (Å²) in [6, 6.07) is 0. The van der Waals surface area contributed by atoms with Gasteiger partial charge in [-0.1, -0.05) is 13.8 Å². The number of thiazole rings is 1. The Morgan fingerprint density at radius 2 is 2.06 bits per heavy atom. The molecule has 0 unspecified atom stereocenters. The predicted octanol–water partition coefficient (Wildman–Crippen LogP) is 0.540. The second-order valence-electron chi connectivity index (χ2n) is 3.57. The van der Waals surface area contributed by atoms with E-state index in [1.54, 1.807) is 11.6 Å². The van der Waals surface area contributed by atoms with Crippen LogP contribution in [0.3, 0.4) is 0 Å². The van der Waals surface area contributed by atoms with Crippen molar-refractivity contribution in [3.8, 4) is 0 Å². The summed E-state index contributed by atoms with van der Waals surface area (Å²) in [6.07, 6.45) is 1.57. The number of aromatic nitrogens is 1. The van der Waals surface area contributed by atoms with Gasteiger partial charge in [0.2, 0.25) is 0 Å². The normalized spacial score (nSPS) is 10.4. The van der Waals surface area contributed by atoms with Crippen LogP contribution in [0.4, 0.5) is 5.13 Å². The molecule has 0 atom stereocenters. The Balaban J connectivity index is 2.26. The van der Waals surface area contributed by atoms with Gasteiger partial charge in [-0.2, -0.15) is 0 Å². The van der Waals surface area contributed by atoms with Gasteiger partial charge in [-0.15, -0.1) is 11.3 Å². The van der Waals surface area contributed by atoms with E-state index in [4.69, 9.17) is 0 Å². The molecule has 1 rings (SSSR count). The maximum atomic E-state index is 11.5. The summed E-state index contributed by atoms with van der Waals surface area (Å²) in [5, 5.41) is 7.17. The molecule has 0 saturated carbocycles. The SMILES string of the molecule is CCN(CC)CCNC(=O)C(=O)Nc1nccs1. The van der Waals surface area contributed by atoms with E-state index in [0.717, 1.165) is 19.6 Å². The molecule has 1 aromatic heterocycles. The van der Waals surface area contributed by atoms with Crippen molar-refractivity contribution in [2.75, 3.05) is 31.5 Å². The molecule has 1 heterocycles. The largest absolute Gasteiger partial charge is 0.347 e. The van der Waals surface area contributed by atoms with Gasteiger partial charge in [-0.3, -0.25) is 14.9 Å². The summed E-state index contributed by atoms with van der Waals surface area (Å²) in [5.74, 6) is -1.30. The van der Waals surface area contributed by atoms with Gasteiger partial charge in [-0.05, 0) is 13.1 Å². The lowest BCUT2D eigenvalue weighted by Gasteiger charge is -2.17. The van der Waals surface area contributed by atoms with E-state index < -0.39 is 11.8 Å². The van der Waals surface area contributed by atoms with Crippen LogP contribution in [0.1, 0.15) is 13.8 Å². The second-order valence-corrected chi connectivity index (χ2v) is 4.47. The number of amides is 2. The minimum atomic E-state index is -0.676. The predicted molar refractivity (Wildman–Crippen MR) is 71.5 cm³/mol. The third-order valence-electron chi connectivity index (χ3n) is 2.47. The number of rotatable bonds is 6. The molecule has 1 aromatic rings. The number of hydrogen-bond donors (Lipinski definition) is 2. The third-order valence-corrected chi connectivity index (χ3v) is 3.16. The van der Waals surface area contributed by atoms with Crippen LogP contribution < -0.4 is 10.6 Å². The second kappa shape index (κ2) is 7.78. The van der Waals surface area contributed by atoms with Crippen LogP contribution in [0.2, 0.25) is 0 Å². The van der Waals surface area contributed by atoms with Gasteiger partial charge in [0.1, 0.15) is 0 Å². The van der Waals surface area contributed by atoms with E-state index in [2.05, 4.69) is 34.4 Å². The molecule has 0 aliphatic rings. The summed E-state index contributed by atoms with van der Waals surface area (Å²) in [6.45, 7) is 7.17. The topological polar surface area (TPSA) is 74.3 Å². The molecule has 6 nitrogen and oxygen atoms in total. The first kappa shape index (κ1) is 14.6. The first-order valence-corrected chi connectivity index (χ1v) is 6.76. The molecule has 0 aliphatic heterocycles. The Labute approximate surface area is 110 Å². The van der Waals surface area contributed by atoms with Crippen molar-refractivity contribution in [2.45, 2.75) is 13.8 Å². The molecular formula is C11H18N4O2S.